The Morgan fingerprint density at radius 3 is 2.59 bits per heavy atom. The number of hydrogen-bond acceptors (Lipinski definition) is 4. The first-order valence-electron chi connectivity index (χ1n) is 6.05. The van der Waals surface area contributed by atoms with Gasteiger partial charge in [0.2, 0.25) is 6.54 Å². The molecule has 0 aromatic heterocycles. The molecule has 100 valence electrons. The highest BCUT2D eigenvalue weighted by Gasteiger charge is 2.47. The molecule has 1 aliphatic heterocycles. The molecule has 1 saturated heterocycles. The molecule has 3 atom stereocenters. The van der Waals surface area contributed by atoms with Crippen LogP contribution < -0.4 is 0 Å². The van der Waals surface area contributed by atoms with E-state index in [1.807, 2.05) is 34.6 Å². The Morgan fingerprint density at radius 1 is 1.53 bits per heavy atom. The van der Waals surface area contributed by atoms with Crippen molar-refractivity contribution in [2.24, 2.45) is 5.41 Å². The zero-order chi connectivity index (χ0) is 13.3. The fourth-order valence-electron chi connectivity index (χ4n) is 2.24. The van der Waals surface area contributed by atoms with Crippen LogP contribution >= 0.6 is 0 Å². The highest BCUT2D eigenvalue weighted by molar-refractivity contribution is 4.93. The topological polar surface area (TPSA) is 61.6 Å². The molecule has 0 saturated carbocycles. The SMILES string of the molecule is C[C@@H]1OCC(C)(CC[N+](=O)[O-])C1OC(C)(C)C. The van der Waals surface area contributed by atoms with Gasteiger partial charge in [0.05, 0.1) is 24.4 Å². The average molecular weight is 245 g/mol. The molecule has 0 N–H and O–H groups in total. The molecule has 1 heterocycles. The monoisotopic (exact) mass is 245 g/mol. The molecule has 0 radical (unpaired) electrons. The van der Waals surface area contributed by atoms with Crippen LogP contribution in [0.2, 0.25) is 0 Å². The van der Waals surface area contributed by atoms with E-state index in [0.717, 1.165) is 0 Å². The van der Waals surface area contributed by atoms with Crippen molar-refractivity contribution in [3.8, 4) is 0 Å². The first-order valence-corrected chi connectivity index (χ1v) is 6.05. The molecule has 1 aliphatic rings. The predicted octanol–water partition coefficient (Wildman–Crippen LogP) is 2.26. The maximum Gasteiger partial charge on any atom is 0.204 e. The van der Waals surface area contributed by atoms with E-state index in [4.69, 9.17) is 9.47 Å². The van der Waals surface area contributed by atoms with Gasteiger partial charge in [-0.25, -0.2) is 0 Å². The summed E-state index contributed by atoms with van der Waals surface area (Å²) in [6, 6.07) is 0. The van der Waals surface area contributed by atoms with Gasteiger partial charge in [0.15, 0.2) is 0 Å². The van der Waals surface area contributed by atoms with Crippen molar-refractivity contribution in [3.63, 3.8) is 0 Å². The molecule has 1 fully saturated rings. The van der Waals surface area contributed by atoms with Crippen LogP contribution in [0, 0.1) is 15.5 Å². The van der Waals surface area contributed by atoms with Gasteiger partial charge in [0, 0.05) is 16.8 Å². The molecule has 0 aromatic carbocycles. The third-order valence-corrected chi connectivity index (χ3v) is 3.14. The largest absolute Gasteiger partial charge is 0.375 e. The molecule has 0 spiro atoms. The Hall–Kier alpha value is -0.680. The zero-order valence-corrected chi connectivity index (χ0v) is 11.4. The Morgan fingerprint density at radius 2 is 2.12 bits per heavy atom. The second kappa shape index (κ2) is 4.90. The van der Waals surface area contributed by atoms with Crippen molar-refractivity contribution in [1.82, 2.24) is 0 Å². The molecule has 0 aliphatic carbocycles. The lowest BCUT2D eigenvalue weighted by molar-refractivity contribution is -0.483. The van der Waals surface area contributed by atoms with Crippen LogP contribution in [0.1, 0.15) is 41.0 Å². The summed E-state index contributed by atoms with van der Waals surface area (Å²) in [6.07, 6.45) is 0.402. The third kappa shape index (κ3) is 3.92. The lowest BCUT2D eigenvalue weighted by Gasteiger charge is -2.35. The summed E-state index contributed by atoms with van der Waals surface area (Å²) in [7, 11) is 0. The van der Waals surface area contributed by atoms with E-state index in [-0.39, 0.29) is 34.7 Å². The van der Waals surface area contributed by atoms with Crippen molar-refractivity contribution in [3.05, 3.63) is 10.1 Å². The lowest BCUT2D eigenvalue weighted by Crippen LogP contribution is -2.42. The van der Waals surface area contributed by atoms with Gasteiger partial charge in [-0.2, -0.15) is 0 Å². The molecule has 0 aromatic rings. The summed E-state index contributed by atoms with van der Waals surface area (Å²) in [5.41, 5.74) is -0.526. The quantitative estimate of drug-likeness (QED) is 0.563. The minimum atomic E-state index is -0.275. The Kier molecular flexibility index (Phi) is 4.15. The molecule has 2 unspecified atom stereocenters. The van der Waals surface area contributed by atoms with Crippen LogP contribution in [0.5, 0.6) is 0 Å². The van der Waals surface area contributed by atoms with Crippen LogP contribution in [0.15, 0.2) is 0 Å². The van der Waals surface area contributed by atoms with Gasteiger partial charge in [-0.3, -0.25) is 10.1 Å². The van der Waals surface area contributed by atoms with E-state index < -0.39 is 0 Å². The maximum absolute atomic E-state index is 10.5. The van der Waals surface area contributed by atoms with Gasteiger partial charge in [0.1, 0.15) is 0 Å². The first-order chi connectivity index (χ1) is 7.64. The molecule has 1 rings (SSSR count). The maximum atomic E-state index is 10.5. The van der Waals surface area contributed by atoms with Crippen LogP contribution in [0.3, 0.4) is 0 Å². The zero-order valence-electron chi connectivity index (χ0n) is 11.4. The van der Waals surface area contributed by atoms with Gasteiger partial charge in [-0.1, -0.05) is 6.92 Å². The molecule has 0 amide bonds. The van der Waals surface area contributed by atoms with E-state index >= 15 is 0 Å². The number of nitrogens with zero attached hydrogens (tertiary/aromatic N) is 1. The number of hydrogen-bond donors (Lipinski definition) is 0. The van der Waals surface area contributed by atoms with Gasteiger partial charge >= 0.3 is 0 Å². The summed E-state index contributed by atoms with van der Waals surface area (Å²) >= 11 is 0. The summed E-state index contributed by atoms with van der Waals surface area (Å²) in [6.45, 7) is 10.5. The second-order valence-electron chi connectivity index (χ2n) is 6.13. The van der Waals surface area contributed by atoms with Gasteiger partial charge < -0.3 is 9.47 Å². The van der Waals surface area contributed by atoms with Crippen molar-refractivity contribution >= 4 is 0 Å². The fourth-order valence-corrected chi connectivity index (χ4v) is 2.24. The van der Waals surface area contributed by atoms with Gasteiger partial charge in [0.25, 0.3) is 0 Å². The summed E-state index contributed by atoms with van der Waals surface area (Å²) in [5.74, 6) is 0. The Bertz CT molecular complexity index is 287. The van der Waals surface area contributed by atoms with E-state index in [9.17, 15) is 10.1 Å². The van der Waals surface area contributed by atoms with E-state index in [1.165, 1.54) is 0 Å². The second-order valence-corrected chi connectivity index (χ2v) is 6.13. The molecule has 5 nitrogen and oxygen atoms in total. The highest BCUT2D eigenvalue weighted by Crippen LogP contribution is 2.39. The van der Waals surface area contributed by atoms with Crippen molar-refractivity contribution in [2.75, 3.05) is 13.2 Å². The standard InChI is InChI=1S/C12H23NO4/c1-9-10(17-11(2,3)4)12(5,8-16-9)6-7-13(14)15/h9-10H,6-8H2,1-5H3/t9-,10?,12?/m0/s1. The number of ether oxygens (including phenoxy) is 2. The molecule has 0 bridgehead atoms. The molecule has 17 heavy (non-hydrogen) atoms. The molecular weight excluding hydrogens is 222 g/mol. The predicted molar refractivity (Wildman–Crippen MR) is 64.6 cm³/mol. The van der Waals surface area contributed by atoms with Gasteiger partial charge in [-0.05, 0) is 27.7 Å². The smallest absolute Gasteiger partial charge is 0.204 e. The summed E-state index contributed by atoms with van der Waals surface area (Å²) < 4.78 is 11.6. The highest BCUT2D eigenvalue weighted by atomic mass is 16.6. The van der Waals surface area contributed by atoms with Crippen LogP contribution in [-0.4, -0.2) is 35.9 Å². The van der Waals surface area contributed by atoms with E-state index in [2.05, 4.69) is 0 Å². The van der Waals surface area contributed by atoms with E-state index in [1.54, 1.807) is 0 Å². The fraction of sp³-hybridized carbons (Fsp3) is 1.00. The molecule has 5 heteroatoms. The van der Waals surface area contributed by atoms with Crippen molar-refractivity contribution < 1.29 is 14.4 Å². The lowest BCUT2D eigenvalue weighted by atomic mass is 9.81. The summed E-state index contributed by atoms with van der Waals surface area (Å²) in [5, 5.41) is 10.5. The minimum Gasteiger partial charge on any atom is -0.375 e. The summed E-state index contributed by atoms with van der Waals surface area (Å²) in [4.78, 5) is 10.2. The van der Waals surface area contributed by atoms with Gasteiger partial charge in [-0.15, -0.1) is 0 Å². The van der Waals surface area contributed by atoms with Crippen molar-refractivity contribution in [1.29, 1.82) is 0 Å². The number of rotatable bonds is 4. The average Bonchev–Trinajstić information content (AvgIpc) is 2.42. The first kappa shape index (κ1) is 14.4. The van der Waals surface area contributed by atoms with Crippen molar-refractivity contribution in [2.45, 2.75) is 58.8 Å². The van der Waals surface area contributed by atoms with Crippen LogP contribution in [-0.2, 0) is 9.47 Å². The van der Waals surface area contributed by atoms with Crippen LogP contribution in [0.25, 0.3) is 0 Å². The number of nitro groups is 1. The third-order valence-electron chi connectivity index (χ3n) is 3.14. The molecular formula is C12H23NO4. The van der Waals surface area contributed by atoms with Crippen LogP contribution in [0.4, 0.5) is 0 Å². The Labute approximate surface area is 103 Å². The van der Waals surface area contributed by atoms with E-state index in [0.29, 0.717) is 13.0 Å². The normalized spacial score (nSPS) is 33.9. The Balaban J connectivity index is 2.72. The minimum absolute atomic E-state index is 0.00835.